The number of hydrogen-bond donors (Lipinski definition) is 0. The predicted octanol–water partition coefficient (Wildman–Crippen LogP) is 2.44. The number of rotatable bonds is 1. The van der Waals surface area contributed by atoms with Gasteiger partial charge in [0.25, 0.3) is 0 Å². The largest absolute Gasteiger partial charge is 0.329 e. The quantitative estimate of drug-likeness (QED) is 0.414. The SMILES string of the molecule is C[Si](C)(C)P(C)(C)=O. The van der Waals surface area contributed by atoms with Crippen LogP contribution in [-0.4, -0.2) is 21.1 Å². The zero-order valence-electron chi connectivity index (χ0n) is 6.36. The van der Waals surface area contributed by atoms with E-state index >= 15 is 0 Å². The van der Waals surface area contributed by atoms with Gasteiger partial charge in [0.15, 0.2) is 0 Å². The summed E-state index contributed by atoms with van der Waals surface area (Å²) in [5, 5.41) is 0. The molecular weight excluding hydrogens is 135 g/mol. The lowest BCUT2D eigenvalue weighted by Gasteiger charge is -2.20. The zero-order valence-corrected chi connectivity index (χ0v) is 8.25. The van der Waals surface area contributed by atoms with Gasteiger partial charge in [-0.05, 0) is 13.3 Å². The van der Waals surface area contributed by atoms with Crippen molar-refractivity contribution in [2.75, 3.05) is 13.3 Å². The molecular formula is C5H15OPSi. The van der Waals surface area contributed by atoms with Gasteiger partial charge >= 0.3 is 0 Å². The maximum Gasteiger partial charge on any atom is 0.117 e. The second-order valence-electron chi connectivity index (χ2n) is 3.52. The minimum atomic E-state index is -1.71. The van der Waals surface area contributed by atoms with E-state index in [1.165, 1.54) is 0 Å². The van der Waals surface area contributed by atoms with Crippen LogP contribution in [0.3, 0.4) is 0 Å². The first-order valence-corrected chi connectivity index (χ1v) is 9.74. The molecule has 0 aromatic rings. The van der Waals surface area contributed by atoms with Crippen LogP contribution in [-0.2, 0) is 4.57 Å². The van der Waals surface area contributed by atoms with Crippen molar-refractivity contribution in [1.82, 2.24) is 0 Å². The third-order valence-electron chi connectivity index (χ3n) is 1.62. The van der Waals surface area contributed by atoms with Gasteiger partial charge < -0.3 is 4.57 Å². The third kappa shape index (κ3) is 2.14. The lowest BCUT2D eigenvalue weighted by atomic mass is 11.8. The van der Waals surface area contributed by atoms with E-state index in [-0.39, 0.29) is 0 Å². The molecule has 0 aromatic carbocycles. The van der Waals surface area contributed by atoms with Crippen LogP contribution in [0.5, 0.6) is 0 Å². The molecule has 0 saturated heterocycles. The summed E-state index contributed by atoms with van der Waals surface area (Å²) in [6.45, 7) is 8.51. The molecule has 0 rings (SSSR count). The minimum Gasteiger partial charge on any atom is -0.329 e. The molecule has 50 valence electrons. The van der Waals surface area contributed by atoms with Crippen LogP contribution < -0.4 is 0 Å². The van der Waals surface area contributed by atoms with Crippen molar-refractivity contribution >= 4 is 14.4 Å². The fourth-order valence-electron chi connectivity index (χ4n) is 0. The van der Waals surface area contributed by atoms with Crippen molar-refractivity contribution in [2.24, 2.45) is 0 Å². The normalized spacial score (nSPS) is 14.1. The Hall–Kier alpha value is 0.447. The highest BCUT2D eigenvalue weighted by molar-refractivity contribution is 7.98. The molecule has 0 aromatic heterocycles. The van der Waals surface area contributed by atoms with Crippen molar-refractivity contribution in [3.8, 4) is 0 Å². The average molecular weight is 150 g/mol. The van der Waals surface area contributed by atoms with Gasteiger partial charge in [-0.15, -0.1) is 0 Å². The van der Waals surface area contributed by atoms with Crippen molar-refractivity contribution in [2.45, 2.75) is 19.6 Å². The van der Waals surface area contributed by atoms with Gasteiger partial charge in [0, 0.05) is 0 Å². The summed E-state index contributed by atoms with van der Waals surface area (Å²) in [5.74, 6) is 0. The van der Waals surface area contributed by atoms with E-state index in [1.807, 2.05) is 13.3 Å². The van der Waals surface area contributed by atoms with Gasteiger partial charge in [-0.2, -0.15) is 0 Å². The zero-order chi connectivity index (χ0) is 7.00. The smallest absolute Gasteiger partial charge is 0.117 e. The fraction of sp³-hybridized carbons (Fsp3) is 1.00. The Bertz CT molecular complexity index is 119. The monoisotopic (exact) mass is 150 g/mol. The molecule has 0 atom stereocenters. The topological polar surface area (TPSA) is 17.1 Å². The van der Waals surface area contributed by atoms with E-state index in [2.05, 4.69) is 19.6 Å². The molecule has 3 heteroatoms. The van der Waals surface area contributed by atoms with Crippen LogP contribution in [0, 0.1) is 0 Å². The average Bonchev–Trinajstić information content (AvgIpc) is 1.25. The van der Waals surface area contributed by atoms with Crippen molar-refractivity contribution < 1.29 is 4.57 Å². The number of hydrogen-bond acceptors (Lipinski definition) is 1. The molecule has 0 bridgehead atoms. The Balaban J connectivity index is 4.26. The maximum absolute atomic E-state index is 11.3. The highest BCUT2D eigenvalue weighted by Gasteiger charge is 2.28. The van der Waals surface area contributed by atoms with Crippen molar-refractivity contribution in [3.05, 3.63) is 0 Å². The lowest BCUT2D eigenvalue weighted by molar-refractivity contribution is 0.589. The van der Waals surface area contributed by atoms with Crippen LogP contribution in [0.4, 0.5) is 0 Å². The van der Waals surface area contributed by atoms with Crippen molar-refractivity contribution in [3.63, 3.8) is 0 Å². The van der Waals surface area contributed by atoms with Gasteiger partial charge in [0.2, 0.25) is 0 Å². The van der Waals surface area contributed by atoms with E-state index in [0.29, 0.717) is 0 Å². The maximum atomic E-state index is 11.3. The molecule has 0 heterocycles. The summed E-state index contributed by atoms with van der Waals surface area (Å²) in [6, 6.07) is 0. The lowest BCUT2D eigenvalue weighted by Crippen LogP contribution is -2.19. The van der Waals surface area contributed by atoms with Crippen LogP contribution in [0.25, 0.3) is 0 Å². The first kappa shape index (κ1) is 8.45. The van der Waals surface area contributed by atoms with Gasteiger partial charge in [-0.3, -0.25) is 0 Å². The standard InChI is InChI=1S/C5H15OPSi/c1-7(2,6)8(3,4)5/h1-5H3. The first-order valence-electron chi connectivity index (χ1n) is 2.80. The Morgan fingerprint density at radius 2 is 1.25 bits per heavy atom. The molecule has 0 saturated carbocycles. The van der Waals surface area contributed by atoms with Gasteiger partial charge in [0.1, 0.15) is 7.74 Å². The van der Waals surface area contributed by atoms with Crippen LogP contribution in [0.2, 0.25) is 19.6 Å². The molecule has 0 aliphatic carbocycles. The second-order valence-corrected chi connectivity index (χ2v) is 17.8. The summed E-state index contributed by atoms with van der Waals surface area (Å²) in [4.78, 5) is 0. The fourth-order valence-corrected chi connectivity index (χ4v) is 0. The molecule has 0 fully saturated rings. The summed E-state index contributed by atoms with van der Waals surface area (Å²) in [5.41, 5.74) is 0. The third-order valence-corrected chi connectivity index (χ3v) is 14.5. The van der Waals surface area contributed by atoms with Gasteiger partial charge in [0.05, 0.1) is 6.69 Å². The Morgan fingerprint density at radius 1 is 1.12 bits per heavy atom. The molecule has 8 heavy (non-hydrogen) atoms. The van der Waals surface area contributed by atoms with Crippen LogP contribution in [0.15, 0.2) is 0 Å². The molecule has 0 spiro atoms. The van der Waals surface area contributed by atoms with Crippen LogP contribution >= 0.6 is 6.69 Å². The molecule has 0 aliphatic rings. The Kier molecular flexibility index (Phi) is 2.11. The van der Waals surface area contributed by atoms with Gasteiger partial charge in [-0.1, -0.05) is 19.6 Å². The summed E-state index contributed by atoms with van der Waals surface area (Å²) in [6.07, 6.45) is 0. The van der Waals surface area contributed by atoms with E-state index in [0.717, 1.165) is 0 Å². The van der Waals surface area contributed by atoms with E-state index in [9.17, 15) is 4.57 Å². The Morgan fingerprint density at radius 3 is 1.25 bits per heavy atom. The first-order chi connectivity index (χ1) is 3.25. The van der Waals surface area contributed by atoms with E-state index in [1.54, 1.807) is 0 Å². The predicted molar refractivity (Wildman–Crippen MR) is 42.8 cm³/mol. The minimum absolute atomic E-state index is 1.30. The second kappa shape index (κ2) is 2.00. The molecule has 0 N–H and O–H groups in total. The molecule has 0 aliphatic heterocycles. The Labute approximate surface area is 52.7 Å². The molecule has 0 radical (unpaired) electrons. The van der Waals surface area contributed by atoms with Gasteiger partial charge in [-0.25, -0.2) is 0 Å². The summed E-state index contributed by atoms with van der Waals surface area (Å²) >= 11 is 0. The van der Waals surface area contributed by atoms with E-state index in [4.69, 9.17) is 0 Å². The molecule has 0 unspecified atom stereocenters. The van der Waals surface area contributed by atoms with Crippen LogP contribution in [0.1, 0.15) is 0 Å². The molecule has 0 amide bonds. The molecule has 1 nitrogen and oxygen atoms in total. The summed E-state index contributed by atoms with van der Waals surface area (Å²) in [7, 11) is -1.30. The van der Waals surface area contributed by atoms with Crippen molar-refractivity contribution in [1.29, 1.82) is 0 Å². The summed E-state index contributed by atoms with van der Waals surface area (Å²) < 4.78 is 11.3. The highest BCUT2D eigenvalue weighted by atomic mass is 31.4. The highest BCUT2D eigenvalue weighted by Crippen LogP contribution is 2.47. The van der Waals surface area contributed by atoms with E-state index < -0.39 is 14.4 Å².